The van der Waals surface area contributed by atoms with Crippen molar-refractivity contribution in [2.45, 2.75) is 33.2 Å². The highest BCUT2D eigenvalue weighted by molar-refractivity contribution is 6.31. The highest BCUT2D eigenvalue weighted by Gasteiger charge is 2.05. The maximum atomic E-state index is 6.05. The molecule has 2 rings (SSSR count). The van der Waals surface area contributed by atoms with Crippen LogP contribution in [0.3, 0.4) is 0 Å². The predicted molar refractivity (Wildman–Crippen MR) is 76.5 cm³/mol. The summed E-state index contributed by atoms with van der Waals surface area (Å²) in [5.41, 5.74) is 1.78. The number of hydrogen-bond acceptors (Lipinski definition) is 4. The molecule has 0 saturated carbocycles. The molecular weight excluding hydrogens is 262 g/mol. The van der Waals surface area contributed by atoms with Gasteiger partial charge in [-0.15, -0.1) is 0 Å². The van der Waals surface area contributed by atoms with E-state index in [0.717, 1.165) is 37.3 Å². The fraction of sp³-hybridized carbons (Fsp3) is 0.462. The second-order valence-corrected chi connectivity index (χ2v) is 4.83. The summed E-state index contributed by atoms with van der Waals surface area (Å²) in [7, 11) is 0. The first-order valence-electron chi connectivity index (χ1n) is 6.37. The molecule has 1 N–H and O–H groups in total. The van der Waals surface area contributed by atoms with E-state index in [0.29, 0.717) is 11.0 Å². The van der Waals surface area contributed by atoms with Crippen LogP contribution in [0.25, 0.3) is 0 Å². The molecule has 0 fully saturated rings. The first-order chi connectivity index (χ1) is 9.16. The summed E-state index contributed by atoms with van der Waals surface area (Å²) in [5.74, 6) is 0.674. The molecule has 0 saturated heterocycles. The highest BCUT2D eigenvalue weighted by atomic mass is 35.5. The molecule has 102 valence electrons. The molecule has 19 heavy (non-hydrogen) atoms. The average molecular weight is 280 g/mol. The lowest BCUT2D eigenvalue weighted by Crippen LogP contribution is -2.07. The normalized spacial score (nSPS) is 10.7. The van der Waals surface area contributed by atoms with Gasteiger partial charge in [-0.05, 0) is 26.7 Å². The summed E-state index contributed by atoms with van der Waals surface area (Å²) < 4.78 is 2.07. The second-order valence-electron chi connectivity index (χ2n) is 4.47. The van der Waals surface area contributed by atoms with Gasteiger partial charge in [-0.25, -0.2) is 15.0 Å². The van der Waals surface area contributed by atoms with Crippen LogP contribution >= 0.6 is 11.6 Å². The van der Waals surface area contributed by atoms with E-state index in [9.17, 15) is 0 Å². The lowest BCUT2D eigenvalue weighted by Gasteiger charge is -2.09. The first-order valence-corrected chi connectivity index (χ1v) is 6.75. The van der Waals surface area contributed by atoms with E-state index >= 15 is 0 Å². The molecule has 0 bridgehead atoms. The first kappa shape index (κ1) is 13.8. The van der Waals surface area contributed by atoms with Crippen LogP contribution in [0.2, 0.25) is 5.15 Å². The molecule has 2 aromatic heterocycles. The lowest BCUT2D eigenvalue weighted by molar-refractivity contribution is 0.620. The van der Waals surface area contributed by atoms with Crippen LogP contribution in [-0.4, -0.2) is 26.1 Å². The lowest BCUT2D eigenvalue weighted by atomic mass is 10.3. The van der Waals surface area contributed by atoms with Crippen molar-refractivity contribution in [3.8, 4) is 0 Å². The predicted octanol–water partition coefficient (Wildman–Crippen LogP) is 2.84. The Morgan fingerprint density at radius 3 is 2.74 bits per heavy atom. The summed E-state index contributed by atoms with van der Waals surface area (Å²) in [6, 6.07) is 0. The van der Waals surface area contributed by atoms with E-state index in [-0.39, 0.29) is 0 Å². The van der Waals surface area contributed by atoms with Gasteiger partial charge in [0.25, 0.3) is 0 Å². The maximum Gasteiger partial charge on any atom is 0.171 e. The zero-order chi connectivity index (χ0) is 13.7. The van der Waals surface area contributed by atoms with Gasteiger partial charge in [-0.2, -0.15) is 0 Å². The highest BCUT2D eigenvalue weighted by Crippen LogP contribution is 2.18. The van der Waals surface area contributed by atoms with Crippen molar-refractivity contribution in [1.29, 1.82) is 0 Å². The van der Waals surface area contributed by atoms with Crippen LogP contribution in [-0.2, 0) is 6.54 Å². The van der Waals surface area contributed by atoms with Gasteiger partial charge in [0.05, 0.1) is 17.7 Å². The Morgan fingerprint density at radius 1 is 1.21 bits per heavy atom. The molecule has 0 radical (unpaired) electrons. The number of imidazole rings is 1. The molecule has 6 heteroatoms. The molecule has 2 heterocycles. The van der Waals surface area contributed by atoms with Crippen LogP contribution in [0.4, 0.5) is 5.82 Å². The largest absolute Gasteiger partial charge is 0.368 e. The van der Waals surface area contributed by atoms with E-state index < -0.39 is 0 Å². The van der Waals surface area contributed by atoms with Gasteiger partial charge >= 0.3 is 0 Å². The van der Waals surface area contributed by atoms with E-state index in [1.54, 1.807) is 6.20 Å². The molecule has 0 unspecified atom stereocenters. The third-order valence-electron chi connectivity index (χ3n) is 2.96. The Hall–Kier alpha value is -1.62. The summed E-state index contributed by atoms with van der Waals surface area (Å²) in [4.78, 5) is 12.6. The van der Waals surface area contributed by atoms with Crippen LogP contribution in [0.15, 0.2) is 18.7 Å². The number of aryl methyl sites for hydroxylation is 3. The summed E-state index contributed by atoms with van der Waals surface area (Å²) in [5, 5.41) is 3.67. The van der Waals surface area contributed by atoms with E-state index in [4.69, 9.17) is 11.6 Å². The molecule has 0 aliphatic rings. The molecule has 0 aliphatic carbocycles. The Labute approximate surface area is 118 Å². The van der Waals surface area contributed by atoms with Crippen molar-refractivity contribution in [2.24, 2.45) is 0 Å². The zero-order valence-corrected chi connectivity index (χ0v) is 12.0. The maximum absolute atomic E-state index is 6.05. The fourth-order valence-corrected chi connectivity index (χ4v) is 1.97. The molecule has 5 nitrogen and oxygen atoms in total. The molecule has 0 amide bonds. The number of rotatable bonds is 6. The quantitative estimate of drug-likeness (QED) is 0.826. The minimum Gasteiger partial charge on any atom is -0.368 e. The van der Waals surface area contributed by atoms with Crippen molar-refractivity contribution in [3.05, 3.63) is 35.3 Å². The van der Waals surface area contributed by atoms with Gasteiger partial charge in [0.2, 0.25) is 0 Å². The number of aromatic nitrogens is 4. The molecule has 0 aliphatic heterocycles. The van der Waals surface area contributed by atoms with Crippen LogP contribution < -0.4 is 5.32 Å². The van der Waals surface area contributed by atoms with Crippen LogP contribution in [0.1, 0.15) is 24.2 Å². The van der Waals surface area contributed by atoms with Crippen molar-refractivity contribution in [3.63, 3.8) is 0 Å². The second kappa shape index (κ2) is 6.52. The van der Waals surface area contributed by atoms with Crippen LogP contribution in [0.5, 0.6) is 0 Å². The van der Waals surface area contributed by atoms with Gasteiger partial charge in [-0.1, -0.05) is 11.6 Å². The third kappa shape index (κ3) is 3.92. The van der Waals surface area contributed by atoms with Crippen molar-refractivity contribution in [2.75, 3.05) is 11.9 Å². The van der Waals surface area contributed by atoms with Gasteiger partial charge in [-0.3, -0.25) is 0 Å². The van der Waals surface area contributed by atoms with Gasteiger partial charge in [0.15, 0.2) is 11.0 Å². The summed E-state index contributed by atoms with van der Waals surface area (Å²) >= 11 is 6.05. The number of hydrogen-bond donors (Lipinski definition) is 1. The van der Waals surface area contributed by atoms with Crippen LogP contribution in [0, 0.1) is 13.8 Å². The Bertz CT molecular complexity index is 524. The number of anilines is 1. The number of nitrogens with zero attached hydrogens (tertiary/aromatic N) is 4. The van der Waals surface area contributed by atoms with E-state index in [2.05, 4.69) is 24.8 Å². The summed E-state index contributed by atoms with van der Waals surface area (Å²) in [6.07, 6.45) is 7.73. The minimum atomic E-state index is 0.442. The Kier molecular flexibility index (Phi) is 4.74. The van der Waals surface area contributed by atoms with Gasteiger partial charge in [0.1, 0.15) is 0 Å². The van der Waals surface area contributed by atoms with Crippen molar-refractivity contribution < 1.29 is 0 Å². The molecule has 0 aromatic carbocycles. The topological polar surface area (TPSA) is 55.6 Å². The number of unbranched alkanes of at least 4 members (excludes halogenated alkanes) is 1. The fourth-order valence-electron chi connectivity index (χ4n) is 1.73. The van der Waals surface area contributed by atoms with Gasteiger partial charge in [0, 0.05) is 25.5 Å². The van der Waals surface area contributed by atoms with E-state index in [1.807, 2.05) is 26.4 Å². The Balaban J connectivity index is 1.75. The number of nitrogens with one attached hydrogen (secondary N) is 1. The molecular formula is C13H18ClN5. The van der Waals surface area contributed by atoms with Crippen molar-refractivity contribution in [1.82, 2.24) is 19.5 Å². The van der Waals surface area contributed by atoms with Crippen molar-refractivity contribution >= 4 is 17.4 Å². The molecule has 2 aromatic rings. The monoisotopic (exact) mass is 279 g/mol. The minimum absolute atomic E-state index is 0.442. The smallest absolute Gasteiger partial charge is 0.171 e. The molecule has 0 atom stereocenters. The van der Waals surface area contributed by atoms with Gasteiger partial charge < -0.3 is 9.88 Å². The summed E-state index contributed by atoms with van der Waals surface area (Å²) in [6.45, 7) is 5.66. The zero-order valence-electron chi connectivity index (χ0n) is 11.2. The standard InChI is InChI=1S/C13H18ClN5/c1-10-11(2)18-13(12(14)17-10)16-5-3-4-7-19-8-6-15-9-19/h6,8-9H,3-5,7H2,1-2H3,(H,16,18). The van der Waals surface area contributed by atoms with E-state index in [1.165, 1.54) is 0 Å². The Morgan fingerprint density at radius 2 is 2.00 bits per heavy atom. The third-order valence-corrected chi connectivity index (χ3v) is 3.22. The average Bonchev–Trinajstić information content (AvgIpc) is 2.88. The number of halogens is 1. The molecule has 0 spiro atoms. The SMILES string of the molecule is Cc1nc(Cl)c(NCCCCn2ccnc2)nc1C.